The Labute approximate surface area is 105 Å². The van der Waals surface area contributed by atoms with Crippen LogP contribution in [-0.4, -0.2) is 30.6 Å². The SMILES string of the molecule is COc1cc(NC(=O)CCCN)ccc1C(=O)O. The van der Waals surface area contributed by atoms with Crippen molar-refractivity contribution < 1.29 is 19.4 Å². The van der Waals surface area contributed by atoms with E-state index in [2.05, 4.69) is 5.32 Å². The maximum absolute atomic E-state index is 11.5. The molecule has 0 unspecified atom stereocenters. The van der Waals surface area contributed by atoms with E-state index < -0.39 is 5.97 Å². The predicted molar refractivity (Wildman–Crippen MR) is 66.9 cm³/mol. The number of carbonyl (C=O) groups is 2. The summed E-state index contributed by atoms with van der Waals surface area (Å²) in [6.45, 7) is 0.453. The van der Waals surface area contributed by atoms with E-state index in [0.29, 0.717) is 25.1 Å². The van der Waals surface area contributed by atoms with E-state index in [-0.39, 0.29) is 17.2 Å². The van der Waals surface area contributed by atoms with Crippen molar-refractivity contribution in [3.05, 3.63) is 23.8 Å². The minimum Gasteiger partial charge on any atom is -0.496 e. The van der Waals surface area contributed by atoms with Crippen LogP contribution < -0.4 is 15.8 Å². The molecule has 0 atom stereocenters. The summed E-state index contributed by atoms with van der Waals surface area (Å²) in [6.07, 6.45) is 0.940. The molecule has 0 fully saturated rings. The summed E-state index contributed by atoms with van der Waals surface area (Å²) in [5, 5.41) is 11.6. The van der Waals surface area contributed by atoms with Crippen LogP contribution in [0.2, 0.25) is 0 Å². The van der Waals surface area contributed by atoms with Crippen LogP contribution in [0.4, 0.5) is 5.69 Å². The lowest BCUT2D eigenvalue weighted by atomic mass is 10.1. The van der Waals surface area contributed by atoms with Crippen molar-refractivity contribution in [2.45, 2.75) is 12.8 Å². The lowest BCUT2D eigenvalue weighted by Gasteiger charge is -2.09. The molecule has 6 heteroatoms. The molecule has 0 spiro atoms. The van der Waals surface area contributed by atoms with E-state index in [1.807, 2.05) is 0 Å². The van der Waals surface area contributed by atoms with Gasteiger partial charge in [0.05, 0.1) is 7.11 Å². The number of methoxy groups -OCH3 is 1. The number of amides is 1. The van der Waals surface area contributed by atoms with E-state index in [0.717, 1.165) is 0 Å². The summed E-state index contributed by atoms with van der Waals surface area (Å²) in [5.74, 6) is -1.03. The molecule has 1 aromatic rings. The Kier molecular flexibility index (Phi) is 5.13. The number of carbonyl (C=O) groups excluding carboxylic acids is 1. The molecule has 0 saturated heterocycles. The van der Waals surface area contributed by atoms with Crippen molar-refractivity contribution in [1.82, 2.24) is 0 Å². The minimum absolute atomic E-state index is 0.0532. The number of hydrogen-bond donors (Lipinski definition) is 3. The Morgan fingerprint density at radius 1 is 1.44 bits per heavy atom. The number of anilines is 1. The average molecular weight is 252 g/mol. The van der Waals surface area contributed by atoms with Crippen LogP contribution in [-0.2, 0) is 4.79 Å². The Hall–Kier alpha value is -2.08. The number of nitrogens with one attached hydrogen (secondary N) is 1. The van der Waals surface area contributed by atoms with Crippen LogP contribution in [0, 0.1) is 0 Å². The number of benzene rings is 1. The number of carboxylic acids is 1. The molecular weight excluding hydrogens is 236 g/mol. The van der Waals surface area contributed by atoms with E-state index >= 15 is 0 Å². The van der Waals surface area contributed by atoms with Gasteiger partial charge in [-0.05, 0) is 25.1 Å². The number of ether oxygens (including phenoxy) is 1. The molecule has 1 amide bonds. The lowest BCUT2D eigenvalue weighted by molar-refractivity contribution is -0.116. The highest BCUT2D eigenvalue weighted by atomic mass is 16.5. The van der Waals surface area contributed by atoms with Crippen molar-refractivity contribution in [3.63, 3.8) is 0 Å². The zero-order chi connectivity index (χ0) is 13.5. The van der Waals surface area contributed by atoms with Crippen molar-refractivity contribution in [2.24, 2.45) is 5.73 Å². The highest BCUT2D eigenvalue weighted by Crippen LogP contribution is 2.23. The van der Waals surface area contributed by atoms with Gasteiger partial charge in [0.1, 0.15) is 11.3 Å². The molecule has 0 aliphatic rings. The van der Waals surface area contributed by atoms with Crippen LogP contribution in [0.3, 0.4) is 0 Å². The second-order valence-corrected chi connectivity index (χ2v) is 3.66. The maximum atomic E-state index is 11.5. The molecular formula is C12H16N2O4. The zero-order valence-electron chi connectivity index (χ0n) is 10.1. The first kappa shape index (κ1) is 14.0. The Balaban J connectivity index is 2.79. The summed E-state index contributed by atoms with van der Waals surface area (Å²) in [7, 11) is 1.38. The predicted octanol–water partition coefficient (Wildman–Crippen LogP) is 1.07. The monoisotopic (exact) mass is 252 g/mol. The van der Waals surface area contributed by atoms with E-state index in [9.17, 15) is 9.59 Å². The highest BCUT2D eigenvalue weighted by Gasteiger charge is 2.12. The van der Waals surface area contributed by atoms with Gasteiger partial charge in [-0.15, -0.1) is 0 Å². The van der Waals surface area contributed by atoms with Gasteiger partial charge in [-0.1, -0.05) is 0 Å². The van der Waals surface area contributed by atoms with E-state index in [4.69, 9.17) is 15.6 Å². The van der Waals surface area contributed by atoms with Gasteiger partial charge in [-0.3, -0.25) is 4.79 Å². The first-order chi connectivity index (χ1) is 8.58. The third kappa shape index (κ3) is 3.74. The molecule has 0 aliphatic heterocycles. The standard InChI is InChI=1S/C12H16N2O4/c1-18-10-7-8(4-5-9(10)12(16)17)14-11(15)3-2-6-13/h4-5,7H,2-3,6,13H2,1H3,(H,14,15)(H,16,17). The Morgan fingerprint density at radius 2 is 2.17 bits per heavy atom. The zero-order valence-corrected chi connectivity index (χ0v) is 10.1. The van der Waals surface area contributed by atoms with Crippen LogP contribution >= 0.6 is 0 Å². The fourth-order valence-electron chi connectivity index (χ4n) is 1.43. The smallest absolute Gasteiger partial charge is 0.339 e. The Bertz CT molecular complexity index is 446. The fourth-order valence-corrected chi connectivity index (χ4v) is 1.43. The number of aromatic carboxylic acids is 1. The summed E-state index contributed by atoms with van der Waals surface area (Å²) in [4.78, 5) is 22.3. The average Bonchev–Trinajstić information content (AvgIpc) is 2.35. The minimum atomic E-state index is -1.08. The first-order valence-electron chi connectivity index (χ1n) is 5.49. The molecule has 18 heavy (non-hydrogen) atoms. The third-order valence-electron chi connectivity index (χ3n) is 2.32. The summed E-state index contributed by atoms with van der Waals surface area (Å²) >= 11 is 0. The quantitative estimate of drug-likeness (QED) is 0.703. The number of rotatable bonds is 6. The molecule has 0 radical (unpaired) electrons. The highest BCUT2D eigenvalue weighted by molar-refractivity contribution is 5.94. The van der Waals surface area contributed by atoms with Crippen molar-refractivity contribution in [2.75, 3.05) is 19.0 Å². The van der Waals surface area contributed by atoms with Crippen LogP contribution in [0.25, 0.3) is 0 Å². The largest absolute Gasteiger partial charge is 0.496 e. The second-order valence-electron chi connectivity index (χ2n) is 3.66. The summed E-state index contributed by atoms with van der Waals surface area (Å²) in [5.41, 5.74) is 5.86. The van der Waals surface area contributed by atoms with Gasteiger partial charge in [0.15, 0.2) is 0 Å². The normalized spacial score (nSPS) is 9.89. The van der Waals surface area contributed by atoms with E-state index in [1.165, 1.54) is 25.3 Å². The fraction of sp³-hybridized carbons (Fsp3) is 0.333. The van der Waals surface area contributed by atoms with Gasteiger partial charge in [0.2, 0.25) is 5.91 Å². The lowest BCUT2D eigenvalue weighted by Crippen LogP contribution is -2.13. The second kappa shape index (κ2) is 6.61. The summed E-state index contributed by atoms with van der Waals surface area (Å²) in [6, 6.07) is 4.38. The summed E-state index contributed by atoms with van der Waals surface area (Å²) < 4.78 is 4.96. The van der Waals surface area contributed by atoms with Crippen LogP contribution in [0.5, 0.6) is 5.75 Å². The topological polar surface area (TPSA) is 102 Å². The van der Waals surface area contributed by atoms with Gasteiger partial charge in [-0.2, -0.15) is 0 Å². The molecule has 0 bridgehead atoms. The number of nitrogens with two attached hydrogens (primary N) is 1. The van der Waals surface area contributed by atoms with E-state index in [1.54, 1.807) is 0 Å². The molecule has 1 rings (SSSR count). The molecule has 98 valence electrons. The first-order valence-corrected chi connectivity index (χ1v) is 5.49. The molecule has 1 aromatic carbocycles. The van der Waals surface area contributed by atoms with Crippen molar-refractivity contribution in [1.29, 1.82) is 0 Å². The third-order valence-corrected chi connectivity index (χ3v) is 2.32. The van der Waals surface area contributed by atoms with Gasteiger partial charge in [0.25, 0.3) is 0 Å². The number of hydrogen-bond acceptors (Lipinski definition) is 4. The molecule has 4 N–H and O–H groups in total. The van der Waals surface area contributed by atoms with Crippen LogP contribution in [0.1, 0.15) is 23.2 Å². The van der Waals surface area contributed by atoms with Crippen LogP contribution in [0.15, 0.2) is 18.2 Å². The van der Waals surface area contributed by atoms with Gasteiger partial charge < -0.3 is 20.9 Å². The van der Waals surface area contributed by atoms with Gasteiger partial charge >= 0.3 is 5.97 Å². The number of carboxylic acid groups (broad SMARTS) is 1. The molecule has 0 saturated carbocycles. The molecule has 0 aromatic heterocycles. The van der Waals surface area contributed by atoms with Gasteiger partial charge in [0, 0.05) is 18.2 Å². The molecule has 0 aliphatic carbocycles. The van der Waals surface area contributed by atoms with Crippen molar-refractivity contribution >= 4 is 17.6 Å². The Morgan fingerprint density at radius 3 is 2.72 bits per heavy atom. The molecule has 0 heterocycles. The van der Waals surface area contributed by atoms with Crippen molar-refractivity contribution in [3.8, 4) is 5.75 Å². The molecule has 6 nitrogen and oxygen atoms in total. The van der Waals surface area contributed by atoms with Gasteiger partial charge in [-0.25, -0.2) is 4.79 Å². The maximum Gasteiger partial charge on any atom is 0.339 e.